The smallest absolute Gasteiger partial charge is 0.135 e. The molecule has 1 aromatic heterocycles. The molecule has 15 heavy (non-hydrogen) atoms. The summed E-state index contributed by atoms with van der Waals surface area (Å²) in [6, 6.07) is 4.01. The normalized spacial score (nSPS) is 10.6. The first-order valence-corrected chi connectivity index (χ1v) is 5.31. The molecule has 1 heterocycles. The molecule has 3 nitrogen and oxygen atoms in total. The number of aromatic nitrogens is 1. The standard InChI is InChI=1S/C11H11BrN2O/c1-6-3-7-8(12)5-14-11(13)10(7)9(4-6)15-2/h3-5H,1-2H3,(H2,13,14). The highest BCUT2D eigenvalue weighted by atomic mass is 79.9. The van der Waals surface area contributed by atoms with Crippen LogP contribution in [-0.4, -0.2) is 12.1 Å². The average molecular weight is 267 g/mol. The van der Waals surface area contributed by atoms with Crippen molar-refractivity contribution in [1.82, 2.24) is 4.98 Å². The van der Waals surface area contributed by atoms with Gasteiger partial charge in [0, 0.05) is 16.1 Å². The second-order valence-corrected chi connectivity index (χ2v) is 4.24. The molecule has 0 radical (unpaired) electrons. The van der Waals surface area contributed by atoms with Gasteiger partial charge in [0.1, 0.15) is 11.6 Å². The number of nitrogen functional groups attached to an aromatic ring is 1. The molecule has 0 bridgehead atoms. The molecule has 0 aliphatic rings. The van der Waals surface area contributed by atoms with Crippen LogP contribution in [0, 0.1) is 6.92 Å². The number of hydrogen-bond donors (Lipinski definition) is 1. The Morgan fingerprint density at radius 3 is 2.80 bits per heavy atom. The Bertz CT molecular complexity index is 525. The van der Waals surface area contributed by atoms with Crippen LogP contribution in [0.3, 0.4) is 0 Å². The number of aryl methyl sites for hydroxylation is 1. The van der Waals surface area contributed by atoms with E-state index in [1.807, 2.05) is 13.0 Å². The molecule has 0 spiro atoms. The largest absolute Gasteiger partial charge is 0.496 e. The van der Waals surface area contributed by atoms with Crippen molar-refractivity contribution in [1.29, 1.82) is 0 Å². The number of nitrogens with two attached hydrogens (primary N) is 1. The summed E-state index contributed by atoms with van der Waals surface area (Å²) in [5.74, 6) is 1.25. The molecule has 2 N–H and O–H groups in total. The van der Waals surface area contributed by atoms with Crippen molar-refractivity contribution in [3.05, 3.63) is 28.4 Å². The van der Waals surface area contributed by atoms with Crippen LogP contribution in [0.25, 0.3) is 10.8 Å². The molecule has 0 saturated carbocycles. The van der Waals surface area contributed by atoms with Gasteiger partial charge in [-0.1, -0.05) is 0 Å². The molecular formula is C11H11BrN2O. The van der Waals surface area contributed by atoms with Gasteiger partial charge in [0.2, 0.25) is 0 Å². The fourth-order valence-electron chi connectivity index (χ4n) is 1.63. The first-order chi connectivity index (χ1) is 7.13. The zero-order valence-corrected chi connectivity index (χ0v) is 10.1. The SMILES string of the molecule is COc1cc(C)cc2c(Br)cnc(N)c12. The van der Waals surface area contributed by atoms with E-state index in [0.29, 0.717) is 5.82 Å². The summed E-state index contributed by atoms with van der Waals surface area (Å²) >= 11 is 3.45. The van der Waals surface area contributed by atoms with Crippen molar-refractivity contribution in [2.75, 3.05) is 12.8 Å². The third kappa shape index (κ3) is 1.65. The molecule has 0 aliphatic carbocycles. The van der Waals surface area contributed by atoms with E-state index in [4.69, 9.17) is 10.5 Å². The Balaban J connectivity index is 2.95. The molecular weight excluding hydrogens is 256 g/mol. The minimum Gasteiger partial charge on any atom is -0.496 e. The lowest BCUT2D eigenvalue weighted by Gasteiger charge is -2.09. The lowest BCUT2D eigenvalue weighted by atomic mass is 10.1. The number of ether oxygens (including phenoxy) is 1. The van der Waals surface area contributed by atoms with Gasteiger partial charge in [-0.3, -0.25) is 0 Å². The maximum Gasteiger partial charge on any atom is 0.135 e. The molecule has 0 aliphatic heterocycles. The summed E-state index contributed by atoms with van der Waals surface area (Å²) in [4.78, 5) is 4.10. The Morgan fingerprint density at radius 1 is 1.40 bits per heavy atom. The van der Waals surface area contributed by atoms with Crippen molar-refractivity contribution in [2.45, 2.75) is 6.92 Å². The van der Waals surface area contributed by atoms with Crippen LogP contribution in [0.2, 0.25) is 0 Å². The summed E-state index contributed by atoms with van der Waals surface area (Å²) in [5, 5.41) is 1.89. The van der Waals surface area contributed by atoms with Crippen LogP contribution in [0.4, 0.5) is 5.82 Å². The second-order valence-electron chi connectivity index (χ2n) is 3.38. The minimum atomic E-state index is 0.491. The predicted octanol–water partition coefficient (Wildman–Crippen LogP) is 2.90. The second kappa shape index (κ2) is 3.70. The van der Waals surface area contributed by atoms with Crippen LogP contribution >= 0.6 is 15.9 Å². The number of rotatable bonds is 1. The third-order valence-electron chi connectivity index (χ3n) is 2.30. The summed E-state index contributed by atoms with van der Waals surface area (Å²) in [6.45, 7) is 2.02. The highest BCUT2D eigenvalue weighted by Crippen LogP contribution is 2.34. The van der Waals surface area contributed by atoms with Gasteiger partial charge >= 0.3 is 0 Å². The summed E-state index contributed by atoms with van der Waals surface area (Å²) in [5.41, 5.74) is 6.97. The number of fused-ring (bicyclic) bond motifs is 1. The number of hydrogen-bond acceptors (Lipinski definition) is 3. The average Bonchev–Trinajstić information content (AvgIpc) is 2.22. The molecule has 0 atom stereocenters. The quantitative estimate of drug-likeness (QED) is 0.864. The molecule has 4 heteroatoms. The van der Waals surface area contributed by atoms with Gasteiger partial charge in [0.15, 0.2) is 0 Å². The third-order valence-corrected chi connectivity index (χ3v) is 2.93. The van der Waals surface area contributed by atoms with Crippen LogP contribution in [0.5, 0.6) is 5.75 Å². The van der Waals surface area contributed by atoms with Crippen molar-refractivity contribution < 1.29 is 4.74 Å². The molecule has 0 unspecified atom stereocenters. The first kappa shape index (κ1) is 10.2. The summed E-state index contributed by atoms with van der Waals surface area (Å²) < 4.78 is 6.23. The molecule has 0 fully saturated rings. The molecule has 0 amide bonds. The highest BCUT2D eigenvalue weighted by molar-refractivity contribution is 9.10. The van der Waals surface area contributed by atoms with Gasteiger partial charge in [-0.15, -0.1) is 0 Å². The van der Waals surface area contributed by atoms with Crippen molar-refractivity contribution in [3.8, 4) is 5.75 Å². The number of nitrogens with zero attached hydrogens (tertiary/aromatic N) is 1. The summed E-state index contributed by atoms with van der Waals surface area (Å²) in [6.07, 6.45) is 1.70. The van der Waals surface area contributed by atoms with E-state index < -0.39 is 0 Å². The van der Waals surface area contributed by atoms with Gasteiger partial charge in [-0.05, 0) is 40.5 Å². The van der Waals surface area contributed by atoms with Crippen molar-refractivity contribution in [3.63, 3.8) is 0 Å². The van der Waals surface area contributed by atoms with Gasteiger partial charge in [-0.2, -0.15) is 0 Å². The molecule has 2 rings (SSSR count). The van der Waals surface area contributed by atoms with E-state index in [2.05, 4.69) is 27.0 Å². The van der Waals surface area contributed by atoms with Gasteiger partial charge in [-0.25, -0.2) is 4.98 Å². The lowest BCUT2D eigenvalue weighted by molar-refractivity contribution is 0.419. The monoisotopic (exact) mass is 266 g/mol. The van der Waals surface area contributed by atoms with Crippen LogP contribution in [-0.2, 0) is 0 Å². The summed E-state index contributed by atoms with van der Waals surface area (Å²) in [7, 11) is 1.63. The number of pyridine rings is 1. The lowest BCUT2D eigenvalue weighted by Crippen LogP contribution is -1.95. The zero-order valence-electron chi connectivity index (χ0n) is 8.54. The van der Waals surface area contributed by atoms with E-state index in [0.717, 1.165) is 26.6 Å². The van der Waals surface area contributed by atoms with Crippen molar-refractivity contribution in [2.24, 2.45) is 0 Å². The maximum absolute atomic E-state index is 5.84. The number of methoxy groups -OCH3 is 1. The Kier molecular flexibility index (Phi) is 2.52. The van der Waals surface area contributed by atoms with Gasteiger partial charge < -0.3 is 10.5 Å². The molecule has 1 aromatic carbocycles. The van der Waals surface area contributed by atoms with Gasteiger partial charge in [0.25, 0.3) is 0 Å². The zero-order chi connectivity index (χ0) is 11.0. The van der Waals surface area contributed by atoms with E-state index >= 15 is 0 Å². The number of halogens is 1. The molecule has 2 aromatic rings. The molecule has 78 valence electrons. The Hall–Kier alpha value is -1.29. The van der Waals surface area contributed by atoms with Crippen LogP contribution in [0.1, 0.15) is 5.56 Å². The van der Waals surface area contributed by atoms with E-state index in [1.54, 1.807) is 13.3 Å². The predicted molar refractivity (Wildman–Crippen MR) is 65.1 cm³/mol. The fourth-order valence-corrected chi connectivity index (χ4v) is 2.04. The first-order valence-electron chi connectivity index (χ1n) is 4.52. The number of benzene rings is 1. The molecule has 0 saturated heterocycles. The van der Waals surface area contributed by atoms with Crippen molar-refractivity contribution >= 4 is 32.5 Å². The van der Waals surface area contributed by atoms with Crippen LogP contribution in [0.15, 0.2) is 22.8 Å². The fraction of sp³-hybridized carbons (Fsp3) is 0.182. The van der Waals surface area contributed by atoms with E-state index in [-0.39, 0.29) is 0 Å². The Labute approximate surface area is 96.4 Å². The van der Waals surface area contributed by atoms with Crippen LogP contribution < -0.4 is 10.5 Å². The van der Waals surface area contributed by atoms with E-state index in [9.17, 15) is 0 Å². The van der Waals surface area contributed by atoms with E-state index in [1.165, 1.54) is 0 Å². The maximum atomic E-state index is 5.84. The number of anilines is 1. The van der Waals surface area contributed by atoms with Gasteiger partial charge in [0.05, 0.1) is 12.5 Å². The topological polar surface area (TPSA) is 48.1 Å². The highest BCUT2D eigenvalue weighted by Gasteiger charge is 2.09. The Morgan fingerprint density at radius 2 is 2.13 bits per heavy atom. The minimum absolute atomic E-state index is 0.491.